The van der Waals surface area contributed by atoms with Crippen molar-refractivity contribution < 1.29 is 9.84 Å². The average molecular weight is 402 g/mol. The lowest BCUT2D eigenvalue weighted by atomic mass is 10.0. The number of nitrogens with one attached hydrogen (secondary N) is 1. The molecular formula is C24H26N4O2. The molecule has 0 saturated heterocycles. The van der Waals surface area contributed by atoms with Crippen LogP contribution in [0.5, 0.6) is 5.75 Å². The Bertz CT molecular complexity index is 1150. The highest BCUT2D eigenvalue weighted by atomic mass is 16.5. The number of fused-ring (bicyclic) bond motifs is 1. The highest BCUT2D eigenvalue weighted by Crippen LogP contribution is 2.34. The van der Waals surface area contributed by atoms with E-state index in [-0.39, 0.29) is 0 Å². The van der Waals surface area contributed by atoms with E-state index in [2.05, 4.69) is 22.4 Å². The van der Waals surface area contributed by atoms with E-state index in [1.807, 2.05) is 68.6 Å². The highest BCUT2D eigenvalue weighted by Gasteiger charge is 2.11. The number of hydrogen-bond acceptors (Lipinski definition) is 6. The molecule has 0 saturated carbocycles. The molecule has 0 atom stereocenters. The van der Waals surface area contributed by atoms with Crippen LogP contribution in [0.15, 0.2) is 66.9 Å². The number of nitrogen functional groups attached to an aromatic ring is 1. The molecule has 0 radical (unpaired) electrons. The number of rotatable bonds is 5. The van der Waals surface area contributed by atoms with Gasteiger partial charge in [-0.1, -0.05) is 42.5 Å². The molecule has 1 aromatic heterocycles. The van der Waals surface area contributed by atoms with Crippen LogP contribution in [0.2, 0.25) is 0 Å². The van der Waals surface area contributed by atoms with Crippen molar-refractivity contribution in [3.8, 4) is 16.9 Å². The zero-order valence-corrected chi connectivity index (χ0v) is 17.4. The molecule has 0 fully saturated rings. The topological polar surface area (TPSA) is 93.3 Å². The fourth-order valence-electron chi connectivity index (χ4n) is 3.15. The van der Waals surface area contributed by atoms with Crippen molar-refractivity contribution in [2.24, 2.45) is 0 Å². The van der Waals surface area contributed by atoms with Crippen LogP contribution in [0.3, 0.4) is 0 Å². The fraction of sp³-hybridized carbons (Fsp3) is 0.167. The summed E-state index contributed by atoms with van der Waals surface area (Å²) < 4.78 is 5.82. The summed E-state index contributed by atoms with van der Waals surface area (Å²) in [5, 5.41) is 11.2. The summed E-state index contributed by atoms with van der Waals surface area (Å²) in [6.07, 6.45) is 1.83. The number of hydrogen-bond donors (Lipinski definition) is 3. The maximum Gasteiger partial charge on any atom is 0.227 e. The van der Waals surface area contributed by atoms with Gasteiger partial charge in [0.15, 0.2) is 0 Å². The van der Waals surface area contributed by atoms with Gasteiger partial charge >= 0.3 is 0 Å². The largest absolute Gasteiger partial charge is 0.493 e. The van der Waals surface area contributed by atoms with Crippen LogP contribution in [0, 0.1) is 6.92 Å². The quantitative estimate of drug-likeness (QED) is 0.410. The third-order valence-corrected chi connectivity index (χ3v) is 4.62. The smallest absolute Gasteiger partial charge is 0.227 e. The summed E-state index contributed by atoms with van der Waals surface area (Å²) in [7, 11) is 1.00. The lowest BCUT2D eigenvalue weighted by molar-refractivity contribution is 0.341. The number of anilines is 3. The Morgan fingerprint density at radius 1 is 1.00 bits per heavy atom. The predicted octanol–water partition coefficient (Wildman–Crippen LogP) is 4.94. The Morgan fingerprint density at radius 2 is 1.77 bits per heavy atom. The standard InChI is InChI=1S/C23H22N4O.CH4O/c1-3-28-21-10-5-4-8-18(21)19-9-6-7-16-14-25-23(27-22(16)19)26-17-12-11-15(2)20(24)13-17;1-2/h4-14H,3,24H2,1-2H3,(H,25,26,27);2H,1H3. The van der Waals surface area contributed by atoms with E-state index in [0.29, 0.717) is 12.6 Å². The van der Waals surface area contributed by atoms with Gasteiger partial charge in [-0.25, -0.2) is 9.97 Å². The predicted molar refractivity (Wildman–Crippen MR) is 123 cm³/mol. The molecule has 0 spiro atoms. The molecule has 1 heterocycles. The van der Waals surface area contributed by atoms with Crippen LogP contribution in [0.4, 0.5) is 17.3 Å². The maximum atomic E-state index is 7.00. The van der Waals surface area contributed by atoms with Crippen LogP contribution >= 0.6 is 0 Å². The summed E-state index contributed by atoms with van der Waals surface area (Å²) in [6.45, 7) is 4.57. The van der Waals surface area contributed by atoms with Gasteiger partial charge in [0.05, 0.1) is 12.1 Å². The zero-order valence-electron chi connectivity index (χ0n) is 17.4. The van der Waals surface area contributed by atoms with Crippen LogP contribution in [-0.2, 0) is 0 Å². The molecule has 0 aliphatic heterocycles. The van der Waals surface area contributed by atoms with Crippen molar-refractivity contribution in [2.45, 2.75) is 13.8 Å². The molecule has 6 heteroatoms. The second-order valence-corrected chi connectivity index (χ2v) is 6.56. The van der Waals surface area contributed by atoms with Gasteiger partial charge in [-0.05, 0) is 37.6 Å². The van der Waals surface area contributed by atoms with Crippen LogP contribution in [-0.4, -0.2) is 28.8 Å². The van der Waals surface area contributed by atoms with Crippen LogP contribution in [0.25, 0.3) is 22.0 Å². The van der Waals surface area contributed by atoms with E-state index in [0.717, 1.165) is 51.8 Å². The van der Waals surface area contributed by atoms with Crippen molar-refractivity contribution in [3.63, 3.8) is 0 Å². The van der Waals surface area contributed by atoms with E-state index in [4.69, 9.17) is 20.6 Å². The lowest BCUT2D eigenvalue weighted by Gasteiger charge is -2.13. The first kappa shape index (κ1) is 21.1. The number of nitrogens with zero attached hydrogens (tertiary/aromatic N) is 2. The van der Waals surface area contributed by atoms with E-state index in [1.54, 1.807) is 0 Å². The molecule has 0 aliphatic carbocycles. The monoisotopic (exact) mass is 402 g/mol. The number of aliphatic hydroxyl groups excluding tert-OH is 1. The Morgan fingerprint density at radius 3 is 2.53 bits per heavy atom. The van der Waals surface area contributed by atoms with E-state index >= 15 is 0 Å². The molecule has 4 aromatic rings. The van der Waals surface area contributed by atoms with Gasteiger partial charge in [0.25, 0.3) is 0 Å². The second kappa shape index (κ2) is 9.71. The van der Waals surface area contributed by atoms with Gasteiger partial charge in [-0.15, -0.1) is 0 Å². The SMILES string of the molecule is CCOc1ccccc1-c1cccc2cnc(Nc3ccc(C)c(N)c3)nc12.CO. The summed E-state index contributed by atoms with van der Waals surface area (Å²) in [5.41, 5.74) is 11.5. The van der Waals surface area contributed by atoms with Gasteiger partial charge in [0.1, 0.15) is 5.75 Å². The van der Waals surface area contributed by atoms with Crippen molar-refractivity contribution in [1.82, 2.24) is 9.97 Å². The Hall–Kier alpha value is -3.64. The number of aliphatic hydroxyl groups is 1. The number of ether oxygens (including phenoxy) is 1. The molecular weight excluding hydrogens is 376 g/mol. The first-order valence-corrected chi connectivity index (χ1v) is 9.71. The lowest BCUT2D eigenvalue weighted by Crippen LogP contribution is -2.00. The zero-order chi connectivity index (χ0) is 21.5. The van der Waals surface area contributed by atoms with Gasteiger partial charge in [-0.3, -0.25) is 0 Å². The Labute approximate surface area is 176 Å². The minimum Gasteiger partial charge on any atom is -0.493 e. The van der Waals surface area contributed by atoms with Gasteiger partial charge in [0, 0.05) is 41.2 Å². The van der Waals surface area contributed by atoms with Crippen molar-refractivity contribution >= 4 is 28.2 Å². The Kier molecular flexibility index (Phi) is 6.83. The molecule has 0 aliphatic rings. The Balaban J connectivity index is 0.00000124. The number of para-hydroxylation sites is 2. The van der Waals surface area contributed by atoms with Crippen molar-refractivity contribution in [2.75, 3.05) is 24.8 Å². The van der Waals surface area contributed by atoms with Gasteiger partial charge in [-0.2, -0.15) is 0 Å². The molecule has 4 N–H and O–H groups in total. The molecule has 0 amide bonds. The molecule has 6 nitrogen and oxygen atoms in total. The minimum atomic E-state index is 0.525. The van der Waals surface area contributed by atoms with E-state index in [9.17, 15) is 0 Å². The molecule has 3 aromatic carbocycles. The van der Waals surface area contributed by atoms with Crippen LogP contribution < -0.4 is 15.8 Å². The molecule has 0 unspecified atom stereocenters. The second-order valence-electron chi connectivity index (χ2n) is 6.56. The van der Waals surface area contributed by atoms with Crippen molar-refractivity contribution in [1.29, 1.82) is 0 Å². The summed E-state index contributed by atoms with van der Waals surface area (Å²) in [6, 6.07) is 19.9. The fourth-order valence-corrected chi connectivity index (χ4v) is 3.15. The number of aryl methyl sites for hydroxylation is 1. The molecule has 30 heavy (non-hydrogen) atoms. The summed E-state index contributed by atoms with van der Waals surface area (Å²) in [5.74, 6) is 1.37. The summed E-state index contributed by atoms with van der Waals surface area (Å²) >= 11 is 0. The third kappa shape index (κ3) is 4.50. The highest BCUT2D eigenvalue weighted by molar-refractivity contribution is 5.95. The molecule has 0 bridgehead atoms. The molecule has 4 rings (SSSR count). The first-order chi connectivity index (χ1) is 14.7. The van der Waals surface area contributed by atoms with Gasteiger partial charge < -0.3 is 20.9 Å². The number of benzene rings is 3. The van der Waals surface area contributed by atoms with E-state index in [1.165, 1.54) is 0 Å². The average Bonchev–Trinajstić information content (AvgIpc) is 2.78. The van der Waals surface area contributed by atoms with Gasteiger partial charge in [0.2, 0.25) is 5.95 Å². The first-order valence-electron chi connectivity index (χ1n) is 9.71. The van der Waals surface area contributed by atoms with Crippen molar-refractivity contribution in [3.05, 3.63) is 72.4 Å². The summed E-state index contributed by atoms with van der Waals surface area (Å²) in [4.78, 5) is 9.24. The number of nitrogens with two attached hydrogens (primary N) is 1. The number of aromatic nitrogens is 2. The maximum absolute atomic E-state index is 7.00. The van der Waals surface area contributed by atoms with E-state index < -0.39 is 0 Å². The minimum absolute atomic E-state index is 0.525. The normalized spacial score (nSPS) is 10.3. The van der Waals surface area contributed by atoms with Crippen LogP contribution in [0.1, 0.15) is 12.5 Å². The molecule has 154 valence electrons. The third-order valence-electron chi connectivity index (χ3n) is 4.62.